The lowest BCUT2D eigenvalue weighted by molar-refractivity contribution is -0.302. The van der Waals surface area contributed by atoms with Gasteiger partial charge in [-0.25, -0.2) is 0 Å². The van der Waals surface area contributed by atoms with E-state index in [4.69, 9.17) is 9.47 Å². The van der Waals surface area contributed by atoms with Gasteiger partial charge in [-0.05, 0) is 44.9 Å². The molecule has 0 aromatic heterocycles. The average molecular weight is 934 g/mol. The first-order valence-corrected chi connectivity index (χ1v) is 28.2. The summed E-state index contributed by atoms with van der Waals surface area (Å²) in [6.07, 6.45) is 53.5. The maximum atomic E-state index is 13.0. The van der Waals surface area contributed by atoms with Gasteiger partial charge in [-0.1, -0.05) is 249 Å². The smallest absolute Gasteiger partial charge is 0.220 e. The summed E-state index contributed by atoms with van der Waals surface area (Å²) in [7, 11) is 0. The van der Waals surface area contributed by atoms with Crippen molar-refractivity contribution in [2.24, 2.45) is 0 Å². The van der Waals surface area contributed by atoms with Crippen molar-refractivity contribution < 1.29 is 39.8 Å². The van der Waals surface area contributed by atoms with E-state index in [1.165, 1.54) is 193 Å². The highest BCUT2D eigenvalue weighted by Crippen LogP contribution is 2.23. The Balaban J connectivity index is 2.24. The summed E-state index contributed by atoms with van der Waals surface area (Å²) < 4.78 is 11.3. The zero-order valence-corrected chi connectivity index (χ0v) is 43.0. The van der Waals surface area contributed by atoms with Gasteiger partial charge < -0.3 is 40.3 Å². The van der Waals surface area contributed by atoms with E-state index < -0.39 is 49.5 Å². The molecule has 0 saturated carbocycles. The van der Waals surface area contributed by atoms with Gasteiger partial charge in [0, 0.05) is 6.42 Å². The summed E-state index contributed by atoms with van der Waals surface area (Å²) >= 11 is 0. The Kier molecular flexibility index (Phi) is 44.6. The van der Waals surface area contributed by atoms with Crippen LogP contribution >= 0.6 is 0 Å². The minimum absolute atomic E-state index is 0.175. The van der Waals surface area contributed by atoms with Crippen LogP contribution < -0.4 is 5.32 Å². The second kappa shape index (κ2) is 47.1. The van der Waals surface area contributed by atoms with Crippen molar-refractivity contribution in [2.45, 2.75) is 307 Å². The number of aliphatic hydroxyl groups excluding tert-OH is 5. The molecule has 66 heavy (non-hydrogen) atoms. The molecule has 1 saturated heterocycles. The Labute approximate surface area is 406 Å². The first-order valence-electron chi connectivity index (χ1n) is 28.2. The lowest BCUT2D eigenvalue weighted by Gasteiger charge is -2.40. The number of aliphatic hydroxyl groups is 5. The Hall–Kier alpha value is -1.59. The molecular formula is C57H107NO8. The maximum Gasteiger partial charge on any atom is 0.220 e. The number of ether oxygens (including phenoxy) is 2. The maximum absolute atomic E-state index is 13.0. The highest BCUT2D eigenvalue weighted by molar-refractivity contribution is 5.76. The number of nitrogens with one attached hydrogen (secondary N) is 1. The van der Waals surface area contributed by atoms with Crippen molar-refractivity contribution in [1.82, 2.24) is 5.32 Å². The fourth-order valence-corrected chi connectivity index (χ4v) is 9.02. The molecule has 1 aliphatic rings. The number of carbonyl (C=O) groups is 1. The molecule has 0 bridgehead atoms. The quantitative estimate of drug-likeness (QED) is 0.0261. The van der Waals surface area contributed by atoms with Crippen molar-refractivity contribution in [2.75, 3.05) is 13.2 Å². The SMILES string of the molecule is CC/C=C\C/C=C\CCCCCCCCCCCCCCCCC(=O)NC(COC1OC(CO)C(O)C(O)C1O)C(O)/C=C/CCCCCCCCCCCCCCCCCCCCCC. The molecule has 0 aromatic rings. The largest absolute Gasteiger partial charge is 0.394 e. The normalized spacial score (nSPS) is 20.0. The second-order valence-corrected chi connectivity index (χ2v) is 19.7. The molecule has 0 aliphatic carbocycles. The summed E-state index contributed by atoms with van der Waals surface area (Å²) in [4.78, 5) is 13.0. The molecule has 1 amide bonds. The number of hydrogen-bond donors (Lipinski definition) is 6. The second-order valence-electron chi connectivity index (χ2n) is 19.7. The summed E-state index contributed by atoms with van der Waals surface area (Å²) in [5.74, 6) is -0.175. The molecule has 0 spiro atoms. The average Bonchev–Trinajstić information content (AvgIpc) is 3.32. The van der Waals surface area contributed by atoms with Crippen LogP contribution in [0.1, 0.15) is 264 Å². The molecule has 0 aromatic carbocycles. The summed E-state index contributed by atoms with van der Waals surface area (Å²) in [6, 6.07) is -0.804. The number of rotatable bonds is 48. The predicted octanol–water partition coefficient (Wildman–Crippen LogP) is 13.6. The van der Waals surface area contributed by atoms with Crippen molar-refractivity contribution >= 4 is 5.91 Å². The third kappa shape index (κ3) is 36.4. The zero-order valence-electron chi connectivity index (χ0n) is 43.0. The van der Waals surface area contributed by atoms with Crippen LogP contribution in [-0.4, -0.2) is 87.5 Å². The Morgan fingerprint density at radius 1 is 0.530 bits per heavy atom. The molecule has 1 rings (SSSR count). The molecule has 1 heterocycles. The van der Waals surface area contributed by atoms with E-state index in [0.29, 0.717) is 6.42 Å². The Bertz CT molecular complexity index is 1130. The first-order chi connectivity index (χ1) is 32.3. The third-order valence-corrected chi connectivity index (χ3v) is 13.5. The number of hydrogen-bond acceptors (Lipinski definition) is 8. The number of carbonyl (C=O) groups excluding carboxylic acids is 1. The van der Waals surface area contributed by atoms with Gasteiger partial charge >= 0.3 is 0 Å². The molecule has 1 fully saturated rings. The summed E-state index contributed by atoms with van der Waals surface area (Å²) in [5, 5.41) is 54.5. The molecule has 9 nitrogen and oxygen atoms in total. The van der Waals surface area contributed by atoms with Crippen LogP contribution in [0.25, 0.3) is 0 Å². The van der Waals surface area contributed by atoms with Crippen LogP contribution in [0.5, 0.6) is 0 Å². The van der Waals surface area contributed by atoms with Crippen molar-refractivity contribution in [3.8, 4) is 0 Å². The van der Waals surface area contributed by atoms with Gasteiger partial charge in [-0.15, -0.1) is 0 Å². The van der Waals surface area contributed by atoms with Gasteiger partial charge in [0.1, 0.15) is 24.4 Å². The lowest BCUT2D eigenvalue weighted by Crippen LogP contribution is -2.60. The zero-order chi connectivity index (χ0) is 48.0. The summed E-state index contributed by atoms with van der Waals surface area (Å²) in [5.41, 5.74) is 0. The van der Waals surface area contributed by atoms with Crippen LogP contribution in [-0.2, 0) is 14.3 Å². The number of unbranched alkanes of at least 4 members (excludes halogenated alkanes) is 34. The monoisotopic (exact) mass is 934 g/mol. The number of allylic oxidation sites excluding steroid dienone is 5. The standard InChI is InChI=1S/C57H107NO8/c1-3-5-7-9-11-13-15-17-19-21-23-25-27-28-30-32-34-36-38-40-42-44-46-51(60)50(49-65-57-56(64)55(63)54(62)52(48-59)66-57)58-53(61)47-45-43-41-39-37-35-33-31-29-26-24-22-20-18-16-14-12-10-8-6-4-2/h6,8,12,14,44,46,50-52,54-57,59-60,62-64H,3-5,7,9-11,13,15-43,45,47-49H2,1-2H3,(H,58,61)/b8-6-,14-12-,46-44+. The van der Waals surface area contributed by atoms with Crippen LogP contribution in [0, 0.1) is 0 Å². The van der Waals surface area contributed by atoms with E-state index in [-0.39, 0.29) is 12.5 Å². The van der Waals surface area contributed by atoms with Gasteiger partial charge in [-0.2, -0.15) is 0 Å². The summed E-state index contributed by atoms with van der Waals surface area (Å²) in [6.45, 7) is 3.71. The van der Waals surface area contributed by atoms with Gasteiger partial charge in [0.25, 0.3) is 0 Å². The van der Waals surface area contributed by atoms with Crippen LogP contribution in [0.4, 0.5) is 0 Å². The minimum atomic E-state index is -1.57. The van der Waals surface area contributed by atoms with Crippen molar-refractivity contribution in [1.29, 1.82) is 0 Å². The fourth-order valence-electron chi connectivity index (χ4n) is 9.02. The first kappa shape index (κ1) is 62.4. The van der Waals surface area contributed by atoms with Crippen LogP contribution in [0.15, 0.2) is 36.5 Å². The molecule has 7 atom stereocenters. The van der Waals surface area contributed by atoms with Gasteiger partial charge in [0.05, 0.1) is 25.4 Å². The van der Waals surface area contributed by atoms with E-state index in [0.717, 1.165) is 51.4 Å². The van der Waals surface area contributed by atoms with E-state index in [1.54, 1.807) is 6.08 Å². The van der Waals surface area contributed by atoms with Crippen LogP contribution in [0.2, 0.25) is 0 Å². The highest BCUT2D eigenvalue weighted by Gasteiger charge is 2.44. The predicted molar refractivity (Wildman–Crippen MR) is 276 cm³/mol. The van der Waals surface area contributed by atoms with Gasteiger partial charge in [0.15, 0.2) is 6.29 Å². The molecule has 7 unspecified atom stereocenters. The fraction of sp³-hybridized carbons (Fsp3) is 0.877. The van der Waals surface area contributed by atoms with Gasteiger partial charge in [0.2, 0.25) is 5.91 Å². The molecule has 6 N–H and O–H groups in total. The Morgan fingerprint density at radius 2 is 0.939 bits per heavy atom. The molecular weight excluding hydrogens is 827 g/mol. The van der Waals surface area contributed by atoms with Crippen molar-refractivity contribution in [3.05, 3.63) is 36.5 Å². The Morgan fingerprint density at radius 3 is 1.38 bits per heavy atom. The van der Waals surface area contributed by atoms with E-state index in [9.17, 15) is 30.3 Å². The van der Waals surface area contributed by atoms with Gasteiger partial charge in [-0.3, -0.25) is 4.79 Å². The topological polar surface area (TPSA) is 149 Å². The van der Waals surface area contributed by atoms with E-state index in [2.05, 4.69) is 43.5 Å². The minimum Gasteiger partial charge on any atom is -0.394 e. The van der Waals surface area contributed by atoms with E-state index >= 15 is 0 Å². The third-order valence-electron chi connectivity index (χ3n) is 13.5. The van der Waals surface area contributed by atoms with E-state index in [1.807, 2.05) is 6.08 Å². The number of amides is 1. The molecule has 0 radical (unpaired) electrons. The molecule has 9 heteroatoms. The van der Waals surface area contributed by atoms with Crippen LogP contribution in [0.3, 0.4) is 0 Å². The molecule has 388 valence electrons. The van der Waals surface area contributed by atoms with Crippen molar-refractivity contribution in [3.63, 3.8) is 0 Å². The molecule has 1 aliphatic heterocycles. The lowest BCUT2D eigenvalue weighted by atomic mass is 9.99. The highest BCUT2D eigenvalue weighted by atomic mass is 16.7.